The summed E-state index contributed by atoms with van der Waals surface area (Å²) in [5, 5.41) is 0. The van der Waals surface area contributed by atoms with Gasteiger partial charge in [0.1, 0.15) is 0 Å². The monoisotopic (exact) mass is 480 g/mol. The first-order valence-corrected chi connectivity index (χ1v) is 7.45. The number of halogens is 2. The molecular formula is C13H6I2O4. The highest BCUT2D eigenvalue weighted by Gasteiger charge is 2.05. The van der Waals surface area contributed by atoms with E-state index in [1.54, 1.807) is 24.3 Å². The van der Waals surface area contributed by atoms with Gasteiger partial charge in [0, 0.05) is 7.14 Å². The summed E-state index contributed by atoms with van der Waals surface area (Å²) in [4.78, 5) is 11.7. The van der Waals surface area contributed by atoms with Crippen molar-refractivity contribution in [3.8, 4) is 0 Å². The van der Waals surface area contributed by atoms with E-state index in [4.69, 9.17) is 13.3 Å². The van der Waals surface area contributed by atoms with Crippen LogP contribution in [0.25, 0.3) is 22.3 Å². The summed E-state index contributed by atoms with van der Waals surface area (Å²) >= 11 is 4.36. The zero-order valence-corrected chi connectivity index (χ0v) is 13.7. The third-order valence-corrected chi connectivity index (χ3v) is 5.26. The van der Waals surface area contributed by atoms with Crippen molar-refractivity contribution >= 4 is 67.5 Å². The van der Waals surface area contributed by atoms with Crippen LogP contribution in [-0.4, -0.2) is 0 Å². The highest BCUT2D eigenvalue weighted by Crippen LogP contribution is 2.23. The fourth-order valence-electron chi connectivity index (χ4n) is 1.61. The number of hydrogen-bond acceptors (Lipinski definition) is 4. The second-order valence-electron chi connectivity index (χ2n) is 3.72. The van der Waals surface area contributed by atoms with Gasteiger partial charge in [-0.05, 0) is 69.4 Å². The normalized spacial score (nSPS) is 10.8. The molecular weight excluding hydrogens is 474 g/mol. The Balaban J connectivity index is 2.57. The fourth-order valence-corrected chi connectivity index (χ4v) is 2.48. The standard InChI is InChI=1S/C13H6I2O4/c14-7-5-11-12(6-8(7)15)19-13(16)18-10-4-2-1-3-9(10)17-11/h1-6H. The molecule has 0 bridgehead atoms. The molecule has 96 valence electrons. The lowest BCUT2D eigenvalue weighted by Crippen LogP contribution is -1.94. The van der Waals surface area contributed by atoms with E-state index >= 15 is 0 Å². The molecule has 1 aromatic heterocycles. The smallest absolute Gasteiger partial charge is 0.449 e. The van der Waals surface area contributed by atoms with Gasteiger partial charge in [-0.1, -0.05) is 12.1 Å². The molecule has 0 N–H and O–H groups in total. The molecule has 0 spiro atoms. The Bertz CT molecular complexity index is 871. The Kier molecular flexibility index (Phi) is 3.52. The van der Waals surface area contributed by atoms with Crippen LogP contribution >= 0.6 is 45.2 Å². The highest BCUT2D eigenvalue weighted by atomic mass is 127. The number of benzene rings is 2. The van der Waals surface area contributed by atoms with Crippen LogP contribution in [0.1, 0.15) is 0 Å². The van der Waals surface area contributed by atoms with E-state index in [9.17, 15) is 4.79 Å². The molecule has 3 aromatic rings. The minimum atomic E-state index is -0.769. The van der Waals surface area contributed by atoms with Crippen LogP contribution in [0.2, 0.25) is 0 Å². The van der Waals surface area contributed by atoms with Crippen molar-refractivity contribution in [2.75, 3.05) is 0 Å². The van der Waals surface area contributed by atoms with Gasteiger partial charge in [-0.2, -0.15) is 0 Å². The van der Waals surface area contributed by atoms with Crippen LogP contribution in [-0.2, 0) is 0 Å². The maximum atomic E-state index is 11.7. The van der Waals surface area contributed by atoms with E-state index in [0.717, 1.165) is 7.14 Å². The molecule has 0 atom stereocenters. The molecule has 0 amide bonds. The molecule has 2 aromatic carbocycles. The molecule has 0 radical (unpaired) electrons. The quantitative estimate of drug-likeness (QED) is 0.446. The first-order valence-electron chi connectivity index (χ1n) is 5.29. The van der Waals surface area contributed by atoms with E-state index in [1.807, 2.05) is 12.1 Å². The lowest BCUT2D eigenvalue weighted by atomic mass is 10.3. The molecule has 19 heavy (non-hydrogen) atoms. The topological polar surface area (TPSA) is 56.5 Å². The first kappa shape index (κ1) is 13.0. The van der Waals surface area contributed by atoms with Crippen LogP contribution in [0.3, 0.4) is 0 Å². The Morgan fingerprint density at radius 2 is 1.21 bits per heavy atom. The van der Waals surface area contributed by atoms with Crippen molar-refractivity contribution in [3.05, 3.63) is 54.2 Å². The van der Waals surface area contributed by atoms with Crippen molar-refractivity contribution in [3.63, 3.8) is 0 Å². The molecule has 6 heteroatoms. The Morgan fingerprint density at radius 3 is 1.84 bits per heavy atom. The molecule has 4 nitrogen and oxygen atoms in total. The van der Waals surface area contributed by atoms with E-state index in [1.165, 1.54) is 0 Å². The summed E-state index contributed by atoms with van der Waals surface area (Å²) in [5.41, 5.74) is 1.67. The minimum Gasteiger partial charge on any atom is -0.449 e. The Hall–Kier alpha value is -1.03. The minimum absolute atomic E-state index is 0.340. The predicted octanol–water partition coefficient (Wildman–Crippen LogP) is 4.47. The van der Waals surface area contributed by atoms with Crippen molar-refractivity contribution in [2.24, 2.45) is 0 Å². The molecule has 3 rings (SSSR count). The van der Waals surface area contributed by atoms with Gasteiger partial charge in [0.05, 0.1) is 0 Å². The van der Waals surface area contributed by atoms with E-state index in [0.29, 0.717) is 22.3 Å². The van der Waals surface area contributed by atoms with Crippen molar-refractivity contribution in [1.29, 1.82) is 0 Å². The van der Waals surface area contributed by atoms with E-state index in [-0.39, 0.29) is 0 Å². The molecule has 1 heterocycles. The Morgan fingerprint density at radius 1 is 0.737 bits per heavy atom. The maximum absolute atomic E-state index is 11.7. The summed E-state index contributed by atoms with van der Waals surface area (Å²) in [5.74, 6) is -0.769. The van der Waals surface area contributed by atoms with Gasteiger partial charge >= 0.3 is 5.82 Å². The third-order valence-electron chi connectivity index (χ3n) is 2.44. The summed E-state index contributed by atoms with van der Waals surface area (Å²) in [7, 11) is 0. The highest BCUT2D eigenvalue weighted by molar-refractivity contribution is 14.1. The van der Waals surface area contributed by atoms with Gasteiger partial charge in [-0.25, -0.2) is 4.79 Å². The average Bonchev–Trinajstić information content (AvgIpc) is 2.36. The van der Waals surface area contributed by atoms with E-state index < -0.39 is 5.82 Å². The number of para-hydroxylation sites is 2. The number of rotatable bonds is 0. The van der Waals surface area contributed by atoms with Crippen LogP contribution < -0.4 is 5.82 Å². The van der Waals surface area contributed by atoms with Crippen LogP contribution in [0.4, 0.5) is 0 Å². The number of hydrogen-bond donors (Lipinski definition) is 0. The first-order chi connectivity index (χ1) is 9.13. The predicted molar refractivity (Wildman–Crippen MR) is 87.6 cm³/mol. The molecule has 0 unspecified atom stereocenters. The Labute approximate surface area is 134 Å². The summed E-state index contributed by atoms with van der Waals surface area (Å²) in [6.07, 6.45) is 0. The largest absolute Gasteiger partial charge is 0.519 e. The molecule has 0 aliphatic rings. The zero-order chi connectivity index (χ0) is 13.4. The lowest BCUT2D eigenvalue weighted by Gasteiger charge is -1.99. The molecule has 0 saturated carbocycles. The van der Waals surface area contributed by atoms with Gasteiger partial charge in [-0.3, -0.25) is 0 Å². The summed E-state index contributed by atoms with van der Waals surface area (Å²) < 4.78 is 18.0. The van der Waals surface area contributed by atoms with Gasteiger partial charge < -0.3 is 13.3 Å². The van der Waals surface area contributed by atoms with E-state index in [2.05, 4.69) is 45.2 Å². The molecule has 0 aliphatic heterocycles. The summed E-state index contributed by atoms with van der Waals surface area (Å²) in [6.45, 7) is 0. The molecule has 0 saturated heterocycles. The number of fused-ring (bicyclic) bond motifs is 2. The second-order valence-corrected chi connectivity index (χ2v) is 6.04. The summed E-state index contributed by atoms with van der Waals surface area (Å²) in [6, 6.07) is 10.5. The van der Waals surface area contributed by atoms with Crippen molar-refractivity contribution in [1.82, 2.24) is 0 Å². The third kappa shape index (κ3) is 2.64. The maximum Gasteiger partial charge on any atom is 0.519 e. The van der Waals surface area contributed by atoms with Crippen molar-refractivity contribution in [2.45, 2.75) is 0 Å². The molecule has 0 aliphatic carbocycles. The van der Waals surface area contributed by atoms with Gasteiger partial charge in [0.2, 0.25) is 0 Å². The molecule has 0 fully saturated rings. The van der Waals surface area contributed by atoms with Crippen LogP contribution in [0.15, 0.2) is 54.4 Å². The average molecular weight is 480 g/mol. The lowest BCUT2D eigenvalue weighted by molar-refractivity contribution is 0.368. The fraction of sp³-hybridized carbons (Fsp3) is 0. The van der Waals surface area contributed by atoms with Gasteiger partial charge in [0.25, 0.3) is 0 Å². The van der Waals surface area contributed by atoms with Crippen molar-refractivity contribution < 1.29 is 13.3 Å². The second kappa shape index (κ2) is 5.16. The van der Waals surface area contributed by atoms with Gasteiger partial charge in [-0.15, -0.1) is 0 Å². The van der Waals surface area contributed by atoms with Gasteiger partial charge in [0.15, 0.2) is 22.3 Å². The zero-order valence-electron chi connectivity index (χ0n) is 9.35. The van der Waals surface area contributed by atoms with Crippen LogP contribution in [0, 0.1) is 7.14 Å². The van der Waals surface area contributed by atoms with Crippen LogP contribution in [0.5, 0.6) is 0 Å². The SMILES string of the molecule is O=c1oc2ccccc2oc2cc(I)c(I)cc2o1.